The van der Waals surface area contributed by atoms with E-state index in [4.69, 9.17) is 4.74 Å². The molecule has 10 nitrogen and oxygen atoms in total. The van der Waals surface area contributed by atoms with Gasteiger partial charge in [0.05, 0.1) is 19.4 Å². The molecule has 2 aromatic heterocycles. The van der Waals surface area contributed by atoms with Gasteiger partial charge in [-0.05, 0) is 66.9 Å². The van der Waals surface area contributed by atoms with Crippen molar-refractivity contribution in [1.29, 1.82) is 0 Å². The topological polar surface area (TPSA) is 114 Å². The maximum Gasteiger partial charge on any atom is 0.255 e. The first-order valence-corrected chi connectivity index (χ1v) is 13.7. The van der Waals surface area contributed by atoms with E-state index in [9.17, 15) is 9.59 Å². The number of ether oxygens (including phenoxy) is 1. The lowest BCUT2D eigenvalue weighted by atomic mass is 10.1. The summed E-state index contributed by atoms with van der Waals surface area (Å²) in [5.41, 5.74) is 4.58. The molecule has 2 N–H and O–H groups in total. The Balaban J connectivity index is 1.11. The van der Waals surface area contributed by atoms with Crippen molar-refractivity contribution in [3.63, 3.8) is 0 Å². The van der Waals surface area contributed by atoms with Crippen molar-refractivity contribution < 1.29 is 14.3 Å². The van der Waals surface area contributed by atoms with E-state index in [-0.39, 0.29) is 11.8 Å². The number of amides is 2. The molecule has 41 heavy (non-hydrogen) atoms. The van der Waals surface area contributed by atoms with E-state index in [1.807, 2.05) is 54.2 Å². The fourth-order valence-electron chi connectivity index (χ4n) is 4.49. The standard InChI is InChI=1S/C31H33N7O3/c1-23-5-2-8-27(19-23)33-31(40)25-7-3-6-24(20-25)9-12-30(39)34-29-11-10-26(21-32-29)28-22-38(36-35-28)14-4-13-37-15-17-41-18-16-37/h2-3,5-12,19-22H,4,13-18H2,1H3,(H,33,40)(H,32,34,39)/b12-9+. The zero-order chi connectivity index (χ0) is 28.4. The van der Waals surface area contributed by atoms with E-state index < -0.39 is 0 Å². The molecular weight excluding hydrogens is 518 g/mol. The van der Waals surface area contributed by atoms with Crippen LogP contribution in [0.5, 0.6) is 0 Å². The molecule has 10 heteroatoms. The Labute approximate surface area is 239 Å². The first-order chi connectivity index (χ1) is 20.0. The quantitative estimate of drug-likeness (QED) is 0.283. The molecule has 0 radical (unpaired) electrons. The van der Waals surface area contributed by atoms with Crippen molar-refractivity contribution in [3.05, 3.63) is 95.8 Å². The molecule has 5 rings (SSSR count). The minimum Gasteiger partial charge on any atom is -0.379 e. The van der Waals surface area contributed by atoms with Gasteiger partial charge in [0.25, 0.3) is 5.91 Å². The van der Waals surface area contributed by atoms with Gasteiger partial charge in [-0.15, -0.1) is 5.10 Å². The second-order valence-electron chi connectivity index (χ2n) is 9.88. The Morgan fingerprint density at radius 3 is 2.66 bits per heavy atom. The maximum absolute atomic E-state index is 12.7. The third kappa shape index (κ3) is 8.17. The molecule has 1 aliphatic rings. The number of hydrogen-bond donors (Lipinski definition) is 2. The summed E-state index contributed by atoms with van der Waals surface area (Å²) in [6.07, 6.45) is 7.63. The SMILES string of the molecule is Cc1cccc(NC(=O)c2cccc(/C=C/C(=O)Nc3ccc(-c4cn(CCCN5CCOCC5)nn4)cn3)c2)c1. The van der Waals surface area contributed by atoms with Crippen LogP contribution < -0.4 is 10.6 Å². The van der Waals surface area contributed by atoms with Crippen molar-refractivity contribution in [3.8, 4) is 11.3 Å². The van der Waals surface area contributed by atoms with Crippen LogP contribution in [0.1, 0.15) is 27.9 Å². The van der Waals surface area contributed by atoms with Gasteiger partial charge in [0.2, 0.25) is 5.91 Å². The number of morpholine rings is 1. The van der Waals surface area contributed by atoms with Crippen LogP contribution in [-0.4, -0.2) is 69.5 Å². The molecular formula is C31H33N7O3. The van der Waals surface area contributed by atoms with Gasteiger partial charge in [0.1, 0.15) is 11.5 Å². The van der Waals surface area contributed by atoms with Crippen LogP contribution >= 0.6 is 0 Å². The Hall–Kier alpha value is -4.67. The maximum atomic E-state index is 12.7. The van der Waals surface area contributed by atoms with Crippen LogP contribution in [0.2, 0.25) is 0 Å². The van der Waals surface area contributed by atoms with Crippen molar-refractivity contribution >= 4 is 29.4 Å². The Morgan fingerprint density at radius 2 is 1.85 bits per heavy atom. The molecule has 2 amide bonds. The van der Waals surface area contributed by atoms with Gasteiger partial charge in [-0.2, -0.15) is 0 Å². The average Bonchev–Trinajstić information content (AvgIpc) is 3.46. The first-order valence-electron chi connectivity index (χ1n) is 13.7. The van der Waals surface area contributed by atoms with Crippen LogP contribution in [0.3, 0.4) is 0 Å². The Morgan fingerprint density at radius 1 is 1.00 bits per heavy atom. The van der Waals surface area contributed by atoms with E-state index in [2.05, 4.69) is 30.8 Å². The monoisotopic (exact) mass is 551 g/mol. The van der Waals surface area contributed by atoms with Gasteiger partial charge in [-0.25, -0.2) is 4.98 Å². The van der Waals surface area contributed by atoms with E-state index >= 15 is 0 Å². The number of nitrogens with zero attached hydrogens (tertiary/aromatic N) is 5. The van der Waals surface area contributed by atoms with Gasteiger partial charge < -0.3 is 15.4 Å². The van der Waals surface area contributed by atoms with Gasteiger partial charge in [-0.1, -0.05) is 29.5 Å². The van der Waals surface area contributed by atoms with E-state index in [1.165, 1.54) is 6.08 Å². The number of pyridine rings is 1. The number of hydrogen-bond acceptors (Lipinski definition) is 7. The molecule has 4 aromatic rings. The lowest BCUT2D eigenvalue weighted by Crippen LogP contribution is -2.37. The highest BCUT2D eigenvalue weighted by molar-refractivity contribution is 6.05. The van der Waals surface area contributed by atoms with Crippen molar-refractivity contribution in [2.45, 2.75) is 19.9 Å². The number of carbonyl (C=O) groups excluding carboxylic acids is 2. The molecule has 1 fully saturated rings. The first kappa shape index (κ1) is 27.9. The minimum absolute atomic E-state index is 0.215. The van der Waals surface area contributed by atoms with Crippen molar-refractivity contribution in [2.24, 2.45) is 0 Å². The van der Waals surface area contributed by atoms with E-state index in [0.29, 0.717) is 11.4 Å². The molecule has 2 aromatic carbocycles. The number of benzene rings is 2. The second kappa shape index (κ2) is 13.6. The summed E-state index contributed by atoms with van der Waals surface area (Å²) >= 11 is 0. The van der Waals surface area contributed by atoms with Crippen LogP contribution in [0.4, 0.5) is 11.5 Å². The van der Waals surface area contributed by atoms with Gasteiger partial charge in [0.15, 0.2) is 0 Å². The predicted molar refractivity (Wildman–Crippen MR) is 158 cm³/mol. The lowest BCUT2D eigenvalue weighted by molar-refractivity contribution is -0.111. The van der Waals surface area contributed by atoms with Crippen LogP contribution in [0, 0.1) is 6.92 Å². The normalized spacial score (nSPS) is 13.8. The Bertz CT molecular complexity index is 1510. The second-order valence-corrected chi connectivity index (χ2v) is 9.88. The predicted octanol–water partition coefficient (Wildman–Crippen LogP) is 4.28. The molecule has 1 saturated heterocycles. The summed E-state index contributed by atoms with van der Waals surface area (Å²) < 4.78 is 7.24. The summed E-state index contributed by atoms with van der Waals surface area (Å²) in [7, 11) is 0. The number of anilines is 2. The fourth-order valence-corrected chi connectivity index (χ4v) is 4.49. The highest BCUT2D eigenvalue weighted by atomic mass is 16.5. The fraction of sp³-hybridized carbons (Fsp3) is 0.258. The summed E-state index contributed by atoms with van der Waals surface area (Å²) in [6, 6.07) is 18.3. The van der Waals surface area contributed by atoms with Gasteiger partial charge in [0, 0.05) is 55.3 Å². The highest BCUT2D eigenvalue weighted by Crippen LogP contribution is 2.17. The third-order valence-electron chi connectivity index (χ3n) is 6.67. The molecule has 0 atom stereocenters. The molecule has 0 saturated carbocycles. The molecule has 0 bridgehead atoms. The smallest absolute Gasteiger partial charge is 0.255 e. The lowest BCUT2D eigenvalue weighted by Gasteiger charge is -2.26. The Kier molecular flexibility index (Phi) is 9.25. The van der Waals surface area contributed by atoms with Crippen molar-refractivity contribution in [2.75, 3.05) is 43.5 Å². The molecule has 0 aliphatic carbocycles. The number of aromatic nitrogens is 4. The van der Waals surface area contributed by atoms with Crippen LogP contribution in [0.25, 0.3) is 17.3 Å². The highest BCUT2D eigenvalue weighted by Gasteiger charge is 2.11. The summed E-state index contributed by atoms with van der Waals surface area (Å²) in [6.45, 7) is 7.34. The van der Waals surface area contributed by atoms with E-state index in [0.717, 1.165) is 73.9 Å². The summed E-state index contributed by atoms with van der Waals surface area (Å²) in [5, 5.41) is 14.2. The molecule has 1 aliphatic heterocycles. The molecule has 0 unspecified atom stereocenters. The van der Waals surface area contributed by atoms with Gasteiger partial charge >= 0.3 is 0 Å². The molecule has 3 heterocycles. The zero-order valence-corrected chi connectivity index (χ0v) is 23.0. The minimum atomic E-state index is -0.328. The number of rotatable bonds is 10. The molecule has 210 valence electrons. The van der Waals surface area contributed by atoms with Crippen molar-refractivity contribution in [1.82, 2.24) is 24.9 Å². The van der Waals surface area contributed by atoms with Crippen LogP contribution in [0.15, 0.2) is 79.1 Å². The van der Waals surface area contributed by atoms with E-state index in [1.54, 1.807) is 36.5 Å². The molecule has 0 spiro atoms. The summed E-state index contributed by atoms with van der Waals surface area (Å²) in [4.78, 5) is 31.9. The third-order valence-corrected chi connectivity index (χ3v) is 6.67. The van der Waals surface area contributed by atoms with Gasteiger partial charge in [-0.3, -0.25) is 19.2 Å². The average molecular weight is 552 g/mol. The zero-order valence-electron chi connectivity index (χ0n) is 23.0. The number of carbonyl (C=O) groups is 2. The largest absolute Gasteiger partial charge is 0.379 e. The van der Waals surface area contributed by atoms with Crippen LogP contribution in [-0.2, 0) is 16.1 Å². The number of aryl methyl sites for hydroxylation is 2. The summed E-state index contributed by atoms with van der Waals surface area (Å²) in [5.74, 6) is -0.119. The number of nitrogens with one attached hydrogen (secondary N) is 2.